The van der Waals surface area contributed by atoms with Crippen molar-refractivity contribution in [3.8, 4) is 0 Å². The van der Waals surface area contributed by atoms with Crippen LogP contribution in [0.3, 0.4) is 0 Å². The second-order valence-electron chi connectivity index (χ2n) is 10.8. The average Bonchev–Trinajstić information content (AvgIpc) is 3.40. The van der Waals surface area contributed by atoms with E-state index in [4.69, 9.17) is 10.5 Å². The number of carbonyl (C=O) groups is 2. The molecule has 1 aromatic rings. The fraction of sp³-hybridized carbons (Fsp3) is 0.714. The Hall–Kier alpha value is -1.96. The van der Waals surface area contributed by atoms with Crippen LogP contribution in [-0.4, -0.2) is 72.6 Å². The Morgan fingerprint density at radius 3 is 2.60 bits per heavy atom. The van der Waals surface area contributed by atoms with Crippen molar-refractivity contribution >= 4 is 11.8 Å². The number of benzene rings is 1. The van der Waals surface area contributed by atoms with Crippen molar-refractivity contribution in [2.45, 2.75) is 83.0 Å². The van der Waals surface area contributed by atoms with Crippen LogP contribution in [0.1, 0.15) is 63.9 Å². The number of piperidine rings is 1. The maximum absolute atomic E-state index is 13.4. The maximum Gasteiger partial charge on any atom is 0.242 e. The minimum absolute atomic E-state index is 0.00319. The molecule has 7 heteroatoms. The molecular weight excluding hydrogens is 440 g/mol. The van der Waals surface area contributed by atoms with Crippen LogP contribution in [0, 0.1) is 11.8 Å². The summed E-state index contributed by atoms with van der Waals surface area (Å²) in [6, 6.07) is 10.3. The van der Waals surface area contributed by atoms with Crippen molar-refractivity contribution in [2.75, 3.05) is 32.8 Å². The van der Waals surface area contributed by atoms with E-state index in [2.05, 4.69) is 34.5 Å². The number of nitrogens with one attached hydrogen (secondary N) is 1. The van der Waals surface area contributed by atoms with Gasteiger partial charge in [0, 0.05) is 45.8 Å². The summed E-state index contributed by atoms with van der Waals surface area (Å²) in [5, 5.41) is 3.22. The van der Waals surface area contributed by atoms with E-state index in [1.54, 1.807) is 11.8 Å². The van der Waals surface area contributed by atoms with Crippen molar-refractivity contribution in [3.63, 3.8) is 0 Å². The lowest BCUT2D eigenvalue weighted by molar-refractivity contribution is -0.142. The first-order valence-electron chi connectivity index (χ1n) is 13.7. The zero-order valence-electron chi connectivity index (χ0n) is 21.4. The van der Waals surface area contributed by atoms with Gasteiger partial charge in [0.05, 0.1) is 6.10 Å². The molecule has 1 aliphatic carbocycles. The summed E-state index contributed by atoms with van der Waals surface area (Å²) in [6.07, 6.45) is 8.62. The molecular formula is C28H44N4O3. The van der Waals surface area contributed by atoms with Gasteiger partial charge in [-0.3, -0.25) is 14.5 Å². The molecule has 2 amide bonds. The van der Waals surface area contributed by atoms with E-state index in [1.807, 2.05) is 6.07 Å². The predicted octanol–water partition coefficient (Wildman–Crippen LogP) is 2.93. The quantitative estimate of drug-likeness (QED) is 0.563. The molecule has 35 heavy (non-hydrogen) atoms. The van der Waals surface area contributed by atoms with Gasteiger partial charge in [0.25, 0.3) is 0 Å². The highest BCUT2D eigenvalue weighted by atomic mass is 16.5. The van der Waals surface area contributed by atoms with E-state index in [-0.39, 0.29) is 24.0 Å². The number of hydrogen-bond donors (Lipinski definition) is 2. The molecule has 4 unspecified atom stereocenters. The van der Waals surface area contributed by atoms with Gasteiger partial charge in [-0.2, -0.15) is 0 Å². The summed E-state index contributed by atoms with van der Waals surface area (Å²) in [4.78, 5) is 30.1. The fourth-order valence-corrected chi connectivity index (χ4v) is 6.28. The van der Waals surface area contributed by atoms with Gasteiger partial charge < -0.3 is 20.7 Å². The Bertz CT molecular complexity index is 814. The Morgan fingerprint density at radius 1 is 1.09 bits per heavy atom. The van der Waals surface area contributed by atoms with Crippen LogP contribution in [0.25, 0.3) is 0 Å². The summed E-state index contributed by atoms with van der Waals surface area (Å²) in [5.74, 6) is 1.04. The number of ether oxygens (including phenoxy) is 1. The highest BCUT2D eigenvalue weighted by molar-refractivity contribution is 5.87. The van der Waals surface area contributed by atoms with Gasteiger partial charge in [0.15, 0.2) is 0 Å². The van der Waals surface area contributed by atoms with E-state index in [0.29, 0.717) is 31.3 Å². The molecule has 1 saturated carbocycles. The first-order chi connectivity index (χ1) is 17.0. The third-order valence-corrected chi connectivity index (χ3v) is 8.28. The van der Waals surface area contributed by atoms with Crippen molar-refractivity contribution < 1.29 is 14.3 Å². The van der Waals surface area contributed by atoms with Gasteiger partial charge in [-0.05, 0) is 68.9 Å². The first kappa shape index (κ1) is 26.1. The van der Waals surface area contributed by atoms with Crippen molar-refractivity contribution in [1.29, 1.82) is 0 Å². The van der Waals surface area contributed by atoms with Crippen LogP contribution in [0.2, 0.25) is 0 Å². The molecule has 3 fully saturated rings. The second-order valence-corrected chi connectivity index (χ2v) is 10.8. The molecule has 3 N–H and O–H groups in total. The molecule has 7 nitrogen and oxygen atoms in total. The van der Waals surface area contributed by atoms with E-state index >= 15 is 0 Å². The number of nitrogens with two attached hydrogens (primary N) is 1. The largest absolute Gasteiger partial charge is 0.377 e. The molecule has 0 spiro atoms. The molecule has 5 atom stereocenters. The van der Waals surface area contributed by atoms with Gasteiger partial charge in [-0.15, -0.1) is 0 Å². The molecule has 0 bridgehead atoms. The summed E-state index contributed by atoms with van der Waals surface area (Å²) in [6.45, 7) is 6.17. The second kappa shape index (κ2) is 12.8. The lowest BCUT2D eigenvalue weighted by Gasteiger charge is -2.43. The Balaban J connectivity index is 1.42. The number of nitrogens with zero attached hydrogens (tertiary/aromatic N) is 2. The van der Waals surface area contributed by atoms with Gasteiger partial charge >= 0.3 is 0 Å². The zero-order chi connectivity index (χ0) is 24.6. The Kier molecular flexibility index (Phi) is 9.58. The van der Waals surface area contributed by atoms with Crippen molar-refractivity contribution in [1.82, 2.24) is 15.1 Å². The van der Waals surface area contributed by atoms with Crippen LogP contribution in [0.5, 0.6) is 0 Å². The summed E-state index contributed by atoms with van der Waals surface area (Å²) in [5.41, 5.74) is 7.17. The number of amides is 2. The lowest BCUT2D eigenvalue weighted by atomic mass is 9.81. The predicted molar refractivity (Wildman–Crippen MR) is 138 cm³/mol. The number of likely N-dealkylation sites (tertiary alicyclic amines) is 1. The maximum atomic E-state index is 13.4. The molecule has 0 aromatic heterocycles. The number of hydrogen-bond acceptors (Lipinski definition) is 5. The minimum atomic E-state index is -0.414. The molecule has 2 aliphatic heterocycles. The highest BCUT2D eigenvalue weighted by Gasteiger charge is 2.38. The SMILES string of the molecule is CC(=O)N1CCC(N(Cc2ccccc2)CC2CCCO2)C[C@@H]1C(=O)NCC1CCCC(CN)C1. The van der Waals surface area contributed by atoms with E-state index in [0.717, 1.165) is 58.3 Å². The number of rotatable bonds is 9. The fourth-order valence-electron chi connectivity index (χ4n) is 6.28. The zero-order valence-corrected chi connectivity index (χ0v) is 21.4. The molecule has 4 rings (SSSR count). The minimum Gasteiger partial charge on any atom is -0.377 e. The van der Waals surface area contributed by atoms with Gasteiger partial charge in [0.2, 0.25) is 11.8 Å². The van der Waals surface area contributed by atoms with E-state index in [1.165, 1.54) is 18.4 Å². The smallest absolute Gasteiger partial charge is 0.242 e. The normalized spacial score (nSPS) is 29.3. The summed E-state index contributed by atoms with van der Waals surface area (Å²) in [7, 11) is 0. The molecule has 0 radical (unpaired) electrons. The van der Waals surface area contributed by atoms with Crippen LogP contribution >= 0.6 is 0 Å². The Labute approximate surface area is 210 Å². The molecule has 2 saturated heterocycles. The van der Waals surface area contributed by atoms with E-state index in [9.17, 15) is 9.59 Å². The van der Waals surface area contributed by atoms with Crippen LogP contribution < -0.4 is 11.1 Å². The van der Waals surface area contributed by atoms with E-state index < -0.39 is 6.04 Å². The molecule has 2 heterocycles. The molecule has 1 aromatic carbocycles. The summed E-state index contributed by atoms with van der Waals surface area (Å²) >= 11 is 0. The van der Waals surface area contributed by atoms with Crippen molar-refractivity contribution in [2.24, 2.45) is 17.6 Å². The van der Waals surface area contributed by atoms with Crippen LogP contribution in [0.4, 0.5) is 0 Å². The lowest BCUT2D eigenvalue weighted by Crippen LogP contribution is -2.57. The van der Waals surface area contributed by atoms with Crippen LogP contribution in [0.15, 0.2) is 30.3 Å². The van der Waals surface area contributed by atoms with Crippen LogP contribution in [-0.2, 0) is 20.9 Å². The van der Waals surface area contributed by atoms with Gasteiger partial charge in [-0.25, -0.2) is 0 Å². The standard InChI is InChI=1S/C28H44N4O3/c1-21(33)32-13-12-25(16-27(32)28(34)30-18-24-10-5-9-23(15-24)17-29)31(20-26-11-6-14-35-26)19-22-7-3-2-4-8-22/h2-4,7-8,23-27H,5-6,9-20,29H2,1H3,(H,30,34)/t23?,24?,25?,26?,27-/m1/s1. The number of carbonyl (C=O) groups excluding carboxylic acids is 2. The third-order valence-electron chi connectivity index (χ3n) is 8.28. The Morgan fingerprint density at radius 2 is 1.89 bits per heavy atom. The van der Waals surface area contributed by atoms with Gasteiger partial charge in [0.1, 0.15) is 6.04 Å². The summed E-state index contributed by atoms with van der Waals surface area (Å²) < 4.78 is 5.97. The monoisotopic (exact) mass is 484 g/mol. The van der Waals surface area contributed by atoms with Gasteiger partial charge in [-0.1, -0.05) is 36.8 Å². The topological polar surface area (TPSA) is 87.9 Å². The average molecular weight is 485 g/mol. The highest BCUT2D eigenvalue weighted by Crippen LogP contribution is 2.29. The third kappa shape index (κ3) is 7.28. The van der Waals surface area contributed by atoms with Crippen molar-refractivity contribution in [3.05, 3.63) is 35.9 Å². The first-order valence-corrected chi connectivity index (χ1v) is 13.7. The molecule has 3 aliphatic rings. The molecule has 194 valence electrons.